The minimum atomic E-state index is -3.62. The highest BCUT2D eigenvalue weighted by molar-refractivity contribution is 7.54. The van der Waals surface area contributed by atoms with E-state index in [1.54, 1.807) is 0 Å². The molecule has 0 radical (unpaired) electrons. The van der Waals surface area contributed by atoms with Crippen LogP contribution in [0.15, 0.2) is 30.3 Å². The third kappa shape index (κ3) is 6.77. The van der Waals surface area contributed by atoms with Crippen LogP contribution >= 0.6 is 7.60 Å². The van der Waals surface area contributed by atoms with Crippen LogP contribution in [0.4, 0.5) is 0 Å². The van der Waals surface area contributed by atoms with E-state index in [0.29, 0.717) is 13.2 Å². The zero-order valence-corrected chi connectivity index (χ0v) is 14.2. The average molecular weight is 324 g/mol. The van der Waals surface area contributed by atoms with E-state index in [0.717, 1.165) is 31.2 Å². The lowest BCUT2D eigenvalue weighted by Crippen LogP contribution is -2.12. The van der Waals surface area contributed by atoms with E-state index >= 15 is 0 Å². The lowest BCUT2D eigenvalue weighted by molar-refractivity contribution is 0.159. The zero-order valence-electron chi connectivity index (χ0n) is 13.3. The Morgan fingerprint density at radius 3 is 2.14 bits per heavy atom. The summed E-state index contributed by atoms with van der Waals surface area (Å²) >= 11 is 0. The fourth-order valence-electron chi connectivity index (χ4n) is 1.60. The third-order valence-corrected chi connectivity index (χ3v) is 4.77. The van der Waals surface area contributed by atoms with Crippen molar-refractivity contribution >= 4 is 7.60 Å². The lowest BCUT2D eigenvalue weighted by Gasteiger charge is -2.20. The summed E-state index contributed by atoms with van der Waals surface area (Å²) in [7, 11) is -3.62. The van der Waals surface area contributed by atoms with Crippen LogP contribution < -0.4 is 0 Å². The predicted octanol–water partition coefficient (Wildman–Crippen LogP) is 4.18. The molecule has 4 nitrogen and oxygen atoms in total. The SMILES string of the molecule is CCCCOP(=O)(OCCCC)C(O)C#Cc1ccccc1. The van der Waals surface area contributed by atoms with E-state index in [4.69, 9.17) is 9.05 Å². The molecule has 0 saturated heterocycles. The van der Waals surface area contributed by atoms with Crippen LogP contribution in [-0.2, 0) is 13.6 Å². The molecule has 0 fully saturated rings. The normalized spacial score (nSPS) is 12.5. The number of unbranched alkanes of at least 4 members (excludes halogenated alkanes) is 2. The topological polar surface area (TPSA) is 55.8 Å². The smallest absolute Gasteiger partial charge is 0.370 e. The first-order chi connectivity index (χ1) is 10.6. The standard InChI is InChI=1S/C17H25O4P/c1-3-5-14-20-22(19,21-15-6-4-2)17(18)13-12-16-10-8-7-9-11-16/h7-11,17-18H,3-6,14-15H2,1-2H3. The molecule has 0 aliphatic rings. The molecule has 1 aromatic rings. The van der Waals surface area contributed by atoms with Gasteiger partial charge in [-0.2, -0.15) is 0 Å². The van der Waals surface area contributed by atoms with Gasteiger partial charge in [-0.15, -0.1) is 0 Å². The quantitative estimate of drug-likeness (QED) is 0.420. The number of benzene rings is 1. The molecule has 1 atom stereocenters. The molecule has 0 aliphatic heterocycles. The van der Waals surface area contributed by atoms with Crippen LogP contribution in [0.1, 0.15) is 45.1 Å². The first-order valence-corrected chi connectivity index (χ1v) is 9.37. The van der Waals surface area contributed by atoms with Gasteiger partial charge in [0.15, 0.2) is 0 Å². The van der Waals surface area contributed by atoms with Gasteiger partial charge in [-0.3, -0.25) is 4.57 Å². The molecular weight excluding hydrogens is 299 g/mol. The second-order valence-electron chi connectivity index (χ2n) is 4.92. The second-order valence-corrected chi connectivity index (χ2v) is 7.01. The number of aliphatic hydroxyl groups is 1. The Labute approximate surface area is 133 Å². The van der Waals surface area contributed by atoms with Crippen molar-refractivity contribution in [3.8, 4) is 11.8 Å². The zero-order chi connectivity index (χ0) is 16.3. The molecule has 1 unspecified atom stereocenters. The number of hydrogen-bond acceptors (Lipinski definition) is 4. The summed E-state index contributed by atoms with van der Waals surface area (Å²) in [6.45, 7) is 4.61. The molecule has 0 spiro atoms. The van der Waals surface area contributed by atoms with Crippen LogP contribution in [0.2, 0.25) is 0 Å². The molecule has 1 rings (SSSR count). The highest BCUT2D eigenvalue weighted by Crippen LogP contribution is 2.52. The maximum atomic E-state index is 12.7. The Balaban J connectivity index is 2.75. The van der Waals surface area contributed by atoms with E-state index in [1.165, 1.54) is 0 Å². The number of aliphatic hydroxyl groups excluding tert-OH is 1. The van der Waals surface area contributed by atoms with Gasteiger partial charge in [-0.1, -0.05) is 56.7 Å². The highest BCUT2D eigenvalue weighted by atomic mass is 31.2. The van der Waals surface area contributed by atoms with Gasteiger partial charge >= 0.3 is 7.60 Å². The van der Waals surface area contributed by atoms with Gasteiger partial charge in [-0.25, -0.2) is 0 Å². The summed E-state index contributed by atoms with van der Waals surface area (Å²) in [5, 5.41) is 10.1. The van der Waals surface area contributed by atoms with Gasteiger partial charge in [0, 0.05) is 5.56 Å². The first-order valence-electron chi connectivity index (χ1n) is 7.76. The molecule has 1 N–H and O–H groups in total. The predicted molar refractivity (Wildman–Crippen MR) is 88.7 cm³/mol. The summed E-state index contributed by atoms with van der Waals surface area (Å²) in [6, 6.07) is 9.23. The summed E-state index contributed by atoms with van der Waals surface area (Å²) in [4.78, 5) is 0. The maximum absolute atomic E-state index is 12.7. The molecule has 0 heterocycles. The molecule has 122 valence electrons. The lowest BCUT2D eigenvalue weighted by atomic mass is 10.2. The first kappa shape index (κ1) is 18.9. The van der Waals surface area contributed by atoms with Crippen molar-refractivity contribution in [3.05, 3.63) is 35.9 Å². The number of rotatable bonds is 9. The van der Waals surface area contributed by atoms with Gasteiger partial charge in [0.2, 0.25) is 5.85 Å². The largest absolute Gasteiger partial charge is 0.371 e. The molecule has 1 aromatic carbocycles. The van der Waals surface area contributed by atoms with E-state index in [2.05, 4.69) is 11.8 Å². The van der Waals surface area contributed by atoms with Gasteiger partial charge < -0.3 is 14.2 Å². The van der Waals surface area contributed by atoms with Gasteiger partial charge in [0.25, 0.3) is 0 Å². The molecule has 0 saturated carbocycles. The Kier molecular flexibility index (Phi) is 9.11. The summed E-state index contributed by atoms with van der Waals surface area (Å²) in [5.74, 6) is 3.96. The van der Waals surface area contributed by atoms with Crippen molar-refractivity contribution in [1.29, 1.82) is 0 Å². The monoisotopic (exact) mass is 324 g/mol. The van der Waals surface area contributed by atoms with Gasteiger partial charge in [-0.05, 0) is 25.0 Å². The molecule has 0 amide bonds. The second kappa shape index (κ2) is 10.6. The maximum Gasteiger partial charge on any atom is 0.371 e. The third-order valence-electron chi connectivity index (χ3n) is 2.96. The fourth-order valence-corrected chi connectivity index (χ4v) is 2.95. The Bertz CT molecular complexity index is 504. The van der Waals surface area contributed by atoms with Gasteiger partial charge in [0.1, 0.15) is 0 Å². The van der Waals surface area contributed by atoms with Crippen LogP contribution in [0, 0.1) is 11.8 Å². The van der Waals surface area contributed by atoms with E-state index in [1.807, 2.05) is 44.2 Å². The van der Waals surface area contributed by atoms with Gasteiger partial charge in [0.05, 0.1) is 13.2 Å². The fraction of sp³-hybridized carbons (Fsp3) is 0.529. The van der Waals surface area contributed by atoms with E-state index in [-0.39, 0.29) is 0 Å². The summed E-state index contributed by atoms with van der Waals surface area (Å²) in [6.07, 6.45) is 3.36. The highest BCUT2D eigenvalue weighted by Gasteiger charge is 2.33. The Hall–Kier alpha value is -1.11. The van der Waals surface area contributed by atoms with Crippen molar-refractivity contribution in [2.24, 2.45) is 0 Å². The molecule has 5 heteroatoms. The molecule has 0 aliphatic carbocycles. The van der Waals surface area contributed by atoms with E-state index in [9.17, 15) is 9.67 Å². The molecular formula is C17H25O4P. The molecule has 22 heavy (non-hydrogen) atoms. The average Bonchev–Trinajstić information content (AvgIpc) is 2.54. The van der Waals surface area contributed by atoms with Crippen molar-refractivity contribution in [2.75, 3.05) is 13.2 Å². The van der Waals surface area contributed by atoms with Crippen molar-refractivity contribution in [3.63, 3.8) is 0 Å². The molecule has 0 aromatic heterocycles. The van der Waals surface area contributed by atoms with Crippen LogP contribution in [-0.4, -0.2) is 24.2 Å². The van der Waals surface area contributed by atoms with Crippen molar-refractivity contribution in [2.45, 2.75) is 45.4 Å². The minimum absolute atomic E-state index is 0.296. The Morgan fingerprint density at radius 1 is 1.09 bits per heavy atom. The minimum Gasteiger partial charge on any atom is -0.370 e. The van der Waals surface area contributed by atoms with Crippen LogP contribution in [0.3, 0.4) is 0 Å². The van der Waals surface area contributed by atoms with Crippen LogP contribution in [0.25, 0.3) is 0 Å². The summed E-state index contributed by atoms with van der Waals surface area (Å²) < 4.78 is 23.4. The Morgan fingerprint density at radius 2 is 1.64 bits per heavy atom. The molecule has 0 bridgehead atoms. The van der Waals surface area contributed by atoms with E-state index < -0.39 is 13.4 Å². The summed E-state index contributed by atoms with van der Waals surface area (Å²) in [5.41, 5.74) is 0.746. The van der Waals surface area contributed by atoms with Crippen LogP contribution in [0.5, 0.6) is 0 Å². The van der Waals surface area contributed by atoms with Crippen molar-refractivity contribution < 1.29 is 18.7 Å². The van der Waals surface area contributed by atoms with Crippen molar-refractivity contribution in [1.82, 2.24) is 0 Å². The number of hydrogen-bond donors (Lipinski definition) is 1.